The Hall–Kier alpha value is -0.960. The van der Waals surface area contributed by atoms with Gasteiger partial charge in [-0.05, 0) is 37.3 Å². The molecule has 0 spiro atoms. The van der Waals surface area contributed by atoms with Gasteiger partial charge in [0.2, 0.25) is 5.91 Å². The Labute approximate surface area is 160 Å². The molecule has 130 valence electrons. The van der Waals surface area contributed by atoms with Crippen LogP contribution in [0.25, 0.3) is 0 Å². The molecule has 0 aliphatic heterocycles. The van der Waals surface area contributed by atoms with E-state index in [0.29, 0.717) is 19.6 Å². The second-order valence-corrected chi connectivity index (χ2v) is 5.77. The van der Waals surface area contributed by atoms with Crippen LogP contribution in [0, 0.1) is 6.92 Å². The minimum Gasteiger partial charge on any atom is -0.357 e. The van der Waals surface area contributed by atoms with Gasteiger partial charge in [-0.3, -0.25) is 4.79 Å². The zero-order valence-corrected chi connectivity index (χ0v) is 17.4. The fraction of sp³-hybridized carbons (Fsp3) is 0.500. The van der Waals surface area contributed by atoms with Crippen LogP contribution in [0.3, 0.4) is 0 Å². The largest absolute Gasteiger partial charge is 0.357 e. The van der Waals surface area contributed by atoms with Crippen molar-refractivity contribution in [3.63, 3.8) is 0 Å². The fourth-order valence-corrected chi connectivity index (χ4v) is 2.61. The van der Waals surface area contributed by atoms with Crippen LogP contribution >= 0.6 is 35.7 Å². The van der Waals surface area contributed by atoms with Gasteiger partial charge in [0.15, 0.2) is 5.96 Å². The van der Waals surface area contributed by atoms with E-state index in [1.807, 2.05) is 6.92 Å². The van der Waals surface area contributed by atoms with Crippen LogP contribution in [-0.4, -0.2) is 37.8 Å². The van der Waals surface area contributed by atoms with Crippen LogP contribution in [0.4, 0.5) is 0 Å². The Kier molecular flexibility index (Phi) is 11.9. The Morgan fingerprint density at radius 2 is 1.91 bits per heavy atom. The predicted octanol–water partition coefficient (Wildman–Crippen LogP) is 2.53. The van der Waals surface area contributed by atoms with Gasteiger partial charge in [-0.2, -0.15) is 0 Å². The lowest BCUT2D eigenvalue weighted by Crippen LogP contribution is -2.41. The summed E-state index contributed by atoms with van der Waals surface area (Å²) < 4.78 is 0. The van der Waals surface area contributed by atoms with Crippen molar-refractivity contribution in [2.45, 2.75) is 32.2 Å². The molecule has 0 fully saturated rings. The average Bonchev–Trinajstić information content (AvgIpc) is 2.49. The minimum absolute atomic E-state index is 0. The number of thioether (sulfide) groups is 1. The number of benzene rings is 1. The van der Waals surface area contributed by atoms with Crippen molar-refractivity contribution in [1.82, 2.24) is 16.0 Å². The first-order chi connectivity index (χ1) is 10.6. The minimum atomic E-state index is -0.0204. The molecular formula is C16H27IN4OS. The van der Waals surface area contributed by atoms with Gasteiger partial charge >= 0.3 is 0 Å². The summed E-state index contributed by atoms with van der Waals surface area (Å²) in [6.07, 6.45) is 2.08. The molecule has 0 unspecified atom stereocenters. The van der Waals surface area contributed by atoms with Gasteiger partial charge < -0.3 is 16.0 Å². The third-order valence-corrected chi connectivity index (χ3v) is 3.81. The summed E-state index contributed by atoms with van der Waals surface area (Å²) >= 11 is 1.74. The quantitative estimate of drug-likeness (QED) is 0.197. The Morgan fingerprint density at radius 1 is 1.22 bits per heavy atom. The number of rotatable bonds is 7. The third kappa shape index (κ3) is 9.04. The zero-order valence-electron chi connectivity index (χ0n) is 14.2. The summed E-state index contributed by atoms with van der Waals surface area (Å²) in [6.45, 7) is 8.31. The monoisotopic (exact) mass is 450 g/mol. The third-order valence-electron chi connectivity index (χ3n) is 2.99. The van der Waals surface area contributed by atoms with Gasteiger partial charge in [0.25, 0.3) is 0 Å². The second-order valence-electron chi connectivity index (χ2n) is 4.92. The molecule has 0 atom stereocenters. The van der Waals surface area contributed by atoms with E-state index >= 15 is 0 Å². The predicted molar refractivity (Wildman–Crippen MR) is 110 cm³/mol. The number of aryl methyl sites for hydroxylation is 1. The molecule has 0 aliphatic carbocycles. The standard InChI is InChI=1S/C16H26N4OS.HI/c1-5-17-16(19-9-8-18-13(3)21)20-11-14-7-6-12(2)10-15(14)22-4;/h6-7,10H,5,8-9,11H2,1-4H3,(H,18,21)(H2,17,19,20);1H. The van der Waals surface area contributed by atoms with Crippen molar-refractivity contribution < 1.29 is 4.79 Å². The summed E-state index contributed by atoms with van der Waals surface area (Å²) in [5, 5.41) is 9.18. The maximum Gasteiger partial charge on any atom is 0.216 e. The van der Waals surface area contributed by atoms with Crippen molar-refractivity contribution in [3.8, 4) is 0 Å². The smallest absolute Gasteiger partial charge is 0.216 e. The van der Waals surface area contributed by atoms with Gasteiger partial charge in [0.1, 0.15) is 0 Å². The number of nitrogens with one attached hydrogen (secondary N) is 3. The Morgan fingerprint density at radius 3 is 2.52 bits per heavy atom. The van der Waals surface area contributed by atoms with E-state index in [1.165, 1.54) is 22.9 Å². The SMILES string of the molecule is CCNC(=NCc1ccc(C)cc1SC)NCCNC(C)=O.I. The molecule has 1 aromatic rings. The summed E-state index contributed by atoms with van der Waals surface area (Å²) in [5.74, 6) is 0.744. The molecule has 1 rings (SSSR count). The van der Waals surface area contributed by atoms with E-state index in [1.54, 1.807) is 11.8 Å². The summed E-state index contributed by atoms with van der Waals surface area (Å²) in [5.41, 5.74) is 2.48. The highest BCUT2D eigenvalue weighted by Gasteiger charge is 2.03. The number of hydrogen-bond donors (Lipinski definition) is 3. The second kappa shape index (κ2) is 12.5. The Bertz CT molecular complexity index is 523. The number of nitrogens with zero attached hydrogens (tertiary/aromatic N) is 1. The van der Waals surface area contributed by atoms with Crippen LogP contribution < -0.4 is 16.0 Å². The first-order valence-electron chi connectivity index (χ1n) is 7.47. The molecule has 0 radical (unpaired) electrons. The van der Waals surface area contributed by atoms with Crippen LogP contribution in [-0.2, 0) is 11.3 Å². The molecule has 0 bridgehead atoms. The molecule has 23 heavy (non-hydrogen) atoms. The number of halogens is 1. The number of carbonyl (C=O) groups is 1. The van der Waals surface area contributed by atoms with Crippen molar-refractivity contribution >= 4 is 47.6 Å². The first-order valence-corrected chi connectivity index (χ1v) is 8.69. The molecule has 0 aliphatic rings. The van der Waals surface area contributed by atoms with Crippen molar-refractivity contribution in [1.29, 1.82) is 0 Å². The van der Waals surface area contributed by atoms with Crippen molar-refractivity contribution in [2.24, 2.45) is 4.99 Å². The maximum atomic E-state index is 10.8. The van der Waals surface area contributed by atoms with E-state index in [2.05, 4.69) is 52.3 Å². The molecule has 1 aromatic carbocycles. The summed E-state index contributed by atoms with van der Waals surface area (Å²) in [4.78, 5) is 16.7. The van der Waals surface area contributed by atoms with Crippen LogP contribution in [0.15, 0.2) is 28.1 Å². The molecule has 0 heterocycles. The van der Waals surface area contributed by atoms with Crippen molar-refractivity contribution in [2.75, 3.05) is 25.9 Å². The van der Waals surface area contributed by atoms with Crippen LogP contribution in [0.1, 0.15) is 25.0 Å². The number of amides is 1. The van der Waals surface area contributed by atoms with E-state index in [4.69, 9.17) is 0 Å². The highest BCUT2D eigenvalue weighted by Crippen LogP contribution is 2.22. The van der Waals surface area contributed by atoms with E-state index in [9.17, 15) is 4.79 Å². The molecule has 0 aromatic heterocycles. The highest BCUT2D eigenvalue weighted by molar-refractivity contribution is 14.0. The number of carbonyl (C=O) groups excluding carboxylic acids is 1. The lowest BCUT2D eigenvalue weighted by molar-refractivity contribution is -0.118. The van der Waals surface area contributed by atoms with E-state index in [0.717, 1.165) is 12.5 Å². The lowest BCUT2D eigenvalue weighted by atomic mass is 10.1. The average molecular weight is 450 g/mol. The number of hydrogen-bond acceptors (Lipinski definition) is 3. The highest BCUT2D eigenvalue weighted by atomic mass is 127. The molecule has 3 N–H and O–H groups in total. The van der Waals surface area contributed by atoms with Crippen LogP contribution in [0.2, 0.25) is 0 Å². The first kappa shape index (κ1) is 22.0. The fourth-order valence-electron chi connectivity index (χ4n) is 1.91. The van der Waals surface area contributed by atoms with Gasteiger partial charge in [-0.15, -0.1) is 35.7 Å². The summed E-state index contributed by atoms with van der Waals surface area (Å²) in [7, 11) is 0. The number of aliphatic imine (C=N–C) groups is 1. The molecule has 0 saturated heterocycles. The molecule has 5 nitrogen and oxygen atoms in total. The van der Waals surface area contributed by atoms with Gasteiger partial charge in [0.05, 0.1) is 6.54 Å². The summed E-state index contributed by atoms with van der Waals surface area (Å²) in [6, 6.07) is 6.43. The van der Waals surface area contributed by atoms with E-state index < -0.39 is 0 Å². The van der Waals surface area contributed by atoms with Gasteiger partial charge in [-0.1, -0.05) is 12.1 Å². The molecule has 1 amide bonds. The molecule has 7 heteroatoms. The van der Waals surface area contributed by atoms with Crippen LogP contribution in [0.5, 0.6) is 0 Å². The van der Waals surface area contributed by atoms with Gasteiger partial charge in [0, 0.05) is 31.5 Å². The van der Waals surface area contributed by atoms with E-state index in [-0.39, 0.29) is 29.9 Å². The maximum absolute atomic E-state index is 10.8. The normalized spacial score (nSPS) is 10.7. The lowest BCUT2D eigenvalue weighted by Gasteiger charge is -2.12. The zero-order chi connectivity index (χ0) is 16.4. The molecule has 0 saturated carbocycles. The topological polar surface area (TPSA) is 65.5 Å². The van der Waals surface area contributed by atoms with Crippen molar-refractivity contribution in [3.05, 3.63) is 29.3 Å². The Balaban J connectivity index is 0.00000484. The molecular weight excluding hydrogens is 423 g/mol. The van der Waals surface area contributed by atoms with Gasteiger partial charge in [-0.25, -0.2) is 4.99 Å². The number of guanidine groups is 1.